The third kappa shape index (κ3) is 3.09. The van der Waals surface area contributed by atoms with E-state index in [0.717, 1.165) is 36.7 Å². The van der Waals surface area contributed by atoms with Crippen LogP contribution in [0.4, 0.5) is 0 Å². The van der Waals surface area contributed by atoms with Gasteiger partial charge < -0.3 is 9.26 Å². The maximum atomic E-state index is 5.35. The molecule has 0 amide bonds. The Bertz CT molecular complexity index is 542. The second-order valence-corrected chi connectivity index (χ2v) is 4.66. The molecule has 1 saturated heterocycles. The molecule has 4 nitrogen and oxygen atoms in total. The molecule has 1 aliphatic rings. The van der Waals surface area contributed by atoms with E-state index < -0.39 is 0 Å². The van der Waals surface area contributed by atoms with Crippen LogP contribution in [0.15, 0.2) is 45.9 Å². The predicted molar refractivity (Wildman–Crippen MR) is 72.4 cm³/mol. The average molecular weight is 256 g/mol. The number of rotatable bonds is 4. The molecule has 0 radical (unpaired) electrons. The van der Waals surface area contributed by atoms with Crippen molar-refractivity contribution in [3.63, 3.8) is 0 Å². The van der Waals surface area contributed by atoms with Crippen molar-refractivity contribution in [2.24, 2.45) is 4.99 Å². The second-order valence-electron chi connectivity index (χ2n) is 4.66. The van der Waals surface area contributed by atoms with Crippen molar-refractivity contribution in [1.29, 1.82) is 0 Å². The number of aliphatic imine (C=N–C) groups is 1. The molecule has 0 saturated carbocycles. The van der Waals surface area contributed by atoms with E-state index >= 15 is 0 Å². The van der Waals surface area contributed by atoms with Gasteiger partial charge in [-0.25, -0.2) is 0 Å². The van der Waals surface area contributed by atoms with E-state index in [-0.39, 0.29) is 0 Å². The van der Waals surface area contributed by atoms with Gasteiger partial charge in [-0.15, -0.1) is 0 Å². The predicted octanol–water partition coefficient (Wildman–Crippen LogP) is 2.80. The quantitative estimate of drug-likeness (QED) is 0.790. The summed E-state index contributed by atoms with van der Waals surface area (Å²) in [5.41, 5.74) is 2.08. The summed E-state index contributed by atoms with van der Waals surface area (Å²) in [6.07, 6.45) is 2.88. The fourth-order valence-electron chi connectivity index (χ4n) is 2.14. The van der Waals surface area contributed by atoms with Crippen LogP contribution in [0.2, 0.25) is 0 Å². The van der Waals surface area contributed by atoms with Crippen LogP contribution in [-0.2, 0) is 11.3 Å². The molecule has 19 heavy (non-hydrogen) atoms. The highest BCUT2D eigenvalue weighted by molar-refractivity contribution is 5.79. The standard InChI is InChI=1S/C15H16N2O2/c1-2-4-12(5-3-1)9-16-10-14-8-15(17-19-14)13-6-7-18-11-13/h1-5,8-9,13H,6-7,10-11H2/b16-9+. The summed E-state index contributed by atoms with van der Waals surface area (Å²) in [6, 6.07) is 12.0. The first-order valence-electron chi connectivity index (χ1n) is 6.50. The maximum absolute atomic E-state index is 5.35. The molecule has 0 aliphatic carbocycles. The Morgan fingerprint density at radius 2 is 2.21 bits per heavy atom. The largest absolute Gasteiger partial charge is 0.381 e. The molecule has 0 N–H and O–H groups in total. The van der Waals surface area contributed by atoms with Crippen LogP contribution in [0.25, 0.3) is 0 Å². The lowest BCUT2D eigenvalue weighted by Crippen LogP contribution is -1.96. The van der Waals surface area contributed by atoms with Crippen molar-refractivity contribution in [2.75, 3.05) is 13.2 Å². The third-order valence-electron chi connectivity index (χ3n) is 3.21. The molecule has 3 rings (SSSR count). The molecule has 1 atom stereocenters. The number of hydrogen-bond acceptors (Lipinski definition) is 4. The van der Waals surface area contributed by atoms with E-state index in [1.807, 2.05) is 42.6 Å². The van der Waals surface area contributed by atoms with Gasteiger partial charge in [-0.2, -0.15) is 0 Å². The first kappa shape index (κ1) is 12.1. The fourth-order valence-corrected chi connectivity index (χ4v) is 2.14. The Kier molecular flexibility index (Phi) is 3.70. The highest BCUT2D eigenvalue weighted by Gasteiger charge is 2.21. The molecular weight excluding hydrogens is 240 g/mol. The number of nitrogens with zero attached hydrogens (tertiary/aromatic N) is 2. The van der Waals surface area contributed by atoms with Gasteiger partial charge in [0.05, 0.1) is 18.8 Å². The molecule has 1 unspecified atom stereocenters. The minimum atomic E-state index is 0.385. The lowest BCUT2D eigenvalue weighted by Gasteiger charge is -1.98. The molecule has 2 heterocycles. The third-order valence-corrected chi connectivity index (χ3v) is 3.21. The van der Waals surface area contributed by atoms with Crippen LogP contribution < -0.4 is 0 Å². The van der Waals surface area contributed by atoms with Gasteiger partial charge in [0.1, 0.15) is 0 Å². The normalized spacial score (nSPS) is 19.3. The number of benzene rings is 1. The number of aromatic nitrogens is 1. The minimum Gasteiger partial charge on any atom is -0.381 e. The van der Waals surface area contributed by atoms with E-state index in [1.54, 1.807) is 0 Å². The molecular formula is C15H16N2O2. The summed E-state index contributed by atoms with van der Waals surface area (Å²) in [7, 11) is 0. The molecule has 1 aromatic heterocycles. The van der Waals surface area contributed by atoms with Crippen molar-refractivity contribution in [1.82, 2.24) is 5.16 Å². The van der Waals surface area contributed by atoms with E-state index in [4.69, 9.17) is 9.26 Å². The molecule has 1 fully saturated rings. The monoisotopic (exact) mass is 256 g/mol. The van der Waals surface area contributed by atoms with Gasteiger partial charge in [-0.1, -0.05) is 35.5 Å². The van der Waals surface area contributed by atoms with Crippen LogP contribution >= 0.6 is 0 Å². The van der Waals surface area contributed by atoms with Gasteiger partial charge in [-0.05, 0) is 12.0 Å². The zero-order chi connectivity index (χ0) is 12.9. The molecule has 4 heteroatoms. The van der Waals surface area contributed by atoms with E-state index in [1.165, 1.54) is 0 Å². The van der Waals surface area contributed by atoms with Crippen LogP contribution in [-0.4, -0.2) is 24.6 Å². The number of hydrogen-bond donors (Lipinski definition) is 0. The maximum Gasteiger partial charge on any atom is 0.158 e. The van der Waals surface area contributed by atoms with Crippen molar-refractivity contribution < 1.29 is 9.26 Å². The lowest BCUT2D eigenvalue weighted by atomic mass is 10.1. The topological polar surface area (TPSA) is 47.6 Å². The summed E-state index contributed by atoms with van der Waals surface area (Å²) < 4.78 is 10.6. The summed E-state index contributed by atoms with van der Waals surface area (Å²) in [4.78, 5) is 4.36. The fraction of sp³-hybridized carbons (Fsp3) is 0.333. The molecule has 98 valence electrons. The van der Waals surface area contributed by atoms with Crippen LogP contribution in [0.5, 0.6) is 0 Å². The SMILES string of the molecule is C(=N\Cc1cc(C2CCOC2)no1)/c1ccccc1. The summed E-state index contributed by atoms with van der Waals surface area (Å²) in [5, 5.41) is 4.09. The van der Waals surface area contributed by atoms with Gasteiger partial charge in [-0.3, -0.25) is 4.99 Å². The van der Waals surface area contributed by atoms with Crippen molar-refractivity contribution in [3.05, 3.63) is 53.4 Å². The summed E-state index contributed by atoms with van der Waals surface area (Å²) in [5.74, 6) is 1.18. The Labute approximate surface area is 112 Å². The Balaban J connectivity index is 1.60. The van der Waals surface area contributed by atoms with Gasteiger partial charge in [0.25, 0.3) is 0 Å². The highest BCUT2D eigenvalue weighted by Crippen LogP contribution is 2.24. The van der Waals surface area contributed by atoms with E-state index in [9.17, 15) is 0 Å². The summed E-state index contributed by atoms with van der Waals surface area (Å²) in [6.45, 7) is 2.09. The smallest absolute Gasteiger partial charge is 0.158 e. The first-order valence-corrected chi connectivity index (χ1v) is 6.50. The van der Waals surface area contributed by atoms with E-state index in [0.29, 0.717) is 12.5 Å². The van der Waals surface area contributed by atoms with Crippen LogP contribution in [0.3, 0.4) is 0 Å². The zero-order valence-electron chi connectivity index (χ0n) is 10.7. The first-order chi connectivity index (χ1) is 9.42. The highest BCUT2D eigenvalue weighted by atomic mass is 16.5. The molecule has 0 spiro atoms. The van der Waals surface area contributed by atoms with Crippen molar-refractivity contribution in [2.45, 2.75) is 18.9 Å². The Morgan fingerprint density at radius 1 is 1.32 bits per heavy atom. The summed E-state index contributed by atoms with van der Waals surface area (Å²) >= 11 is 0. The Morgan fingerprint density at radius 3 is 3.00 bits per heavy atom. The van der Waals surface area contributed by atoms with E-state index in [2.05, 4.69) is 10.1 Å². The van der Waals surface area contributed by atoms with Gasteiger partial charge >= 0.3 is 0 Å². The molecule has 1 aliphatic heterocycles. The Hall–Kier alpha value is -1.94. The second kappa shape index (κ2) is 5.80. The molecule has 1 aromatic carbocycles. The minimum absolute atomic E-state index is 0.385. The zero-order valence-corrected chi connectivity index (χ0v) is 10.7. The van der Waals surface area contributed by atoms with Gasteiger partial charge in [0, 0.05) is 24.8 Å². The van der Waals surface area contributed by atoms with Crippen molar-refractivity contribution >= 4 is 6.21 Å². The molecule has 0 bridgehead atoms. The molecule has 2 aromatic rings. The lowest BCUT2D eigenvalue weighted by molar-refractivity contribution is 0.193. The van der Waals surface area contributed by atoms with Crippen molar-refractivity contribution in [3.8, 4) is 0 Å². The number of ether oxygens (including phenoxy) is 1. The van der Waals surface area contributed by atoms with Crippen LogP contribution in [0.1, 0.15) is 29.4 Å². The van der Waals surface area contributed by atoms with Gasteiger partial charge in [0.2, 0.25) is 0 Å². The van der Waals surface area contributed by atoms with Gasteiger partial charge in [0.15, 0.2) is 5.76 Å². The van der Waals surface area contributed by atoms with Crippen LogP contribution in [0, 0.1) is 0 Å². The average Bonchev–Trinajstić information content (AvgIpc) is 3.10.